The van der Waals surface area contributed by atoms with E-state index in [1.54, 1.807) is 6.92 Å². The van der Waals surface area contributed by atoms with Gasteiger partial charge in [-0.3, -0.25) is 0 Å². The van der Waals surface area contributed by atoms with Crippen LogP contribution in [0.1, 0.15) is 12.5 Å². The van der Waals surface area contributed by atoms with Crippen LogP contribution in [-0.2, 0) is 9.53 Å². The molecule has 0 aliphatic heterocycles. The second kappa shape index (κ2) is 5.56. The Morgan fingerprint density at radius 3 is 2.53 bits per heavy atom. The van der Waals surface area contributed by atoms with Gasteiger partial charge >= 0.3 is 5.97 Å². The summed E-state index contributed by atoms with van der Waals surface area (Å²) in [6.45, 7) is 2.09. The number of rotatable bonds is 4. The molecule has 0 saturated heterocycles. The SMILES string of the molecule is CCO/C(=C\c1ccc(Br)cc1)C(=O)O. The highest BCUT2D eigenvalue weighted by atomic mass is 79.9. The Balaban J connectivity index is 2.91. The minimum Gasteiger partial charge on any atom is -0.487 e. The molecule has 1 N–H and O–H groups in total. The Labute approximate surface area is 96.5 Å². The van der Waals surface area contributed by atoms with Gasteiger partial charge in [-0.15, -0.1) is 0 Å². The van der Waals surface area contributed by atoms with Crippen molar-refractivity contribution in [2.24, 2.45) is 0 Å². The summed E-state index contributed by atoms with van der Waals surface area (Å²) in [5.74, 6) is -1.10. The maximum atomic E-state index is 10.8. The van der Waals surface area contributed by atoms with Gasteiger partial charge in [0.25, 0.3) is 0 Å². The van der Waals surface area contributed by atoms with Crippen molar-refractivity contribution in [1.82, 2.24) is 0 Å². The molecule has 1 aromatic carbocycles. The van der Waals surface area contributed by atoms with Crippen molar-refractivity contribution >= 4 is 28.0 Å². The molecule has 1 aromatic rings. The smallest absolute Gasteiger partial charge is 0.371 e. The lowest BCUT2D eigenvalue weighted by Crippen LogP contribution is -2.04. The molecule has 0 aliphatic rings. The summed E-state index contributed by atoms with van der Waals surface area (Å²) in [5, 5.41) is 8.82. The van der Waals surface area contributed by atoms with Crippen LogP contribution in [0.4, 0.5) is 0 Å². The normalized spacial score (nSPS) is 11.2. The van der Waals surface area contributed by atoms with E-state index in [9.17, 15) is 4.79 Å². The van der Waals surface area contributed by atoms with Crippen molar-refractivity contribution in [2.45, 2.75) is 6.92 Å². The van der Waals surface area contributed by atoms with E-state index >= 15 is 0 Å². The fourth-order valence-corrected chi connectivity index (χ4v) is 1.30. The molecule has 4 heteroatoms. The highest BCUT2D eigenvalue weighted by molar-refractivity contribution is 9.10. The summed E-state index contributed by atoms with van der Waals surface area (Å²) in [6.07, 6.45) is 1.50. The summed E-state index contributed by atoms with van der Waals surface area (Å²) < 4.78 is 5.94. The van der Waals surface area contributed by atoms with Crippen LogP contribution in [0, 0.1) is 0 Å². The largest absolute Gasteiger partial charge is 0.487 e. The van der Waals surface area contributed by atoms with Crippen LogP contribution >= 0.6 is 15.9 Å². The summed E-state index contributed by atoms with van der Waals surface area (Å²) >= 11 is 3.30. The Morgan fingerprint density at radius 2 is 2.07 bits per heavy atom. The van der Waals surface area contributed by atoms with E-state index in [0.717, 1.165) is 10.0 Å². The Morgan fingerprint density at radius 1 is 1.47 bits per heavy atom. The highest BCUT2D eigenvalue weighted by Crippen LogP contribution is 2.13. The fraction of sp³-hybridized carbons (Fsp3) is 0.182. The van der Waals surface area contributed by atoms with Crippen molar-refractivity contribution in [2.75, 3.05) is 6.61 Å². The van der Waals surface area contributed by atoms with E-state index < -0.39 is 5.97 Å². The molecule has 0 atom stereocenters. The van der Waals surface area contributed by atoms with Crippen molar-refractivity contribution in [3.63, 3.8) is 0 Å². The van der Waals surface area contributed by atoms with E-state index in [4.69, 9.17) is 9.84 Å². The average Bonchev–Trinajstić information content (AvgIpc) is 2.20. The van der Waals surface area contributed by atoms with Gasteiger partial charge < -0.3 is 9.84 Å². The average molecular weight is 271 g/mol. The molecule has 0 saturated carbocycles. The molecule has 0 aromatic heterocycles. The Bertz CT molecular complexity index is 368. The number of hydrogen-bond acceptors (Lipinski definition) is 2. The summed E-state index contributed by atoms with van der Waals surface area (Å²) in [6, 6.07) is 7.31. The number of hydrogen-bond donors (Lipinski definition) is 1. The van der Waals surface area contributed by atoms with Gasteiger partial charge in [0, 0.05) is 4.47 Å². The van der Waals surface area contributed by atoms with Gasteiger partial charge in [0.2, 0.25) is 5.76 Å². The molecule has 1 rings (SSSR count). The topological polar surface area (TPSA) is 46.5 Å². The third-order valence-electron chi connectivity index (χ3n) is 1.68. The number of aliphatic carboxylic acids is 1. The van der Waals surface area contributed by atoms with Crippen molar-refractivity contribution in [1.29, 1.82) is 0 Å². The van der Waals surface area contributed by atoms with Crippen LogP contribution in [-0.4, -0.2) is 17.7 Å². The number of halogens is 1. The lowest BCUT2D eigenvalue weighted by molar-refractivity contribution is -0.136. The maximum absolute atomic E-state index is 10.8. The van der Waals surface area contributed by atoms with E-state index in [1.165, 1.54) is 6.08 Å². The summed E-state index contributed by atoms with van der Waals surface area (Å²) in [5.41, 5.74) is 0.795. The molecule has 0 unspecified atom stereocenters. The lowest BCUT2D eigenvalue weighted by Gasteiger charge is -2.03. The molecule has 0 radical (unpaired) electrons. The van der Waals surface area contributed by atoms with Gasteiger partial charge in [0.15, 0.2) is 0 Å². The van der Waals surface area contributed by atoms with Crippen LogP contribution in [0.15, 0.2) is 34.5 Å². The van der Waals surface area contributed by atoms with Gasteiger partial charge in [-0.05, 0) is 30.7 Å². The minimum atomic E-state index is -1.06. The Kier molecular flexibility index (Phi) is 4.37. The van der Waals surface area contributed by atoms with Gasteiger partial charge in [0.05, 0.1) is 6.61 Å². The van der Waals surface area contributed by atoms with Crippen LogP contribution in [0.3, 0.4) is 0 Å². The molecule has 80 valence electrons. The molecule has 0 bridgehead atoms. The molecule has 3 nitrogen and oxygen atoms in total. The zero-order valence-corrected chi connectivity index (χ0v) is 9.82. The number of ether oxygens (including phenoxy) is 1. The van der Waals surface area contributed by atoms with Crippen molar-refractivity contribution < 1.29 is 14.6 Å². The van der Waals surface area contributed by atoms with E-state index in [2.05, 4.69) is 15.9 Å². The molecule has 0 amide bonds. The van der Waals surface area contributed by atoms with Crippen molar-refractivity contribution in [3.05, 3.63) is 40.1 Å². The third-order valence-corrected chi connectivity index (χ3v) is 2.21. The van der Waals surface area contributed by atoms with Gasteiger partial charge in [-0.2, -0.15) is 0 Å². The predicted molar refractivity (Wildman–Crippen MR) is 61.4 cm³/mol. The lowest BCUT2D eigenvalue weighted by atomic mass is 10.2. The van der Waals surface area contributed by atoms with Crippen LogP contribution < -0.4 is 0 Å². The molecule has 15 heavy (non-hydrogen) atoms. The zero-order valence-electron chi connectivity index (χ0n) is 8.24. The number of carboxylic acid groups (broad SMARTS) is 1. The second-order valence-corrected chi connectivity index (χ2v) is 3.71. The number of benzene rings is 1. The summed E-state index contributed by atoms with van der Waals surface area (Å²) in [4.78, 5) is 10.8. The molecule has 0 spiro atoms. The molecular weight excluding hydrogens is 260 g/mol. The van der Waals surface area contributed by atoms with Gasteiger partial charge in [-0.25, -0.2) is 4.79 Å². The monoisotopic (exact) mass is 270 g/mol. The fourth-order valence-electron chi connectivity index (χ4n) is 1.03. The molecule has 0 aliphatic carbocycles. The van der Waals surface area contributed by atoms with E-state index in [0.29, 0.717) is 6.61 Å². The Hall–Kier alpha value is -1.29. The zero-order chi connectivity index (χ0) is 11.3. The highest BCUT2D eigenvalue weighted by Gasteiger charge is 2.07. The standard InChI is InChI=1S/C11H11BrO3/c1-2-15-10(11(13)14)7-8-3-5-9(12)6-4-8/h3-7H,2H2,1H3,(H,13,14)/b10-7-. The van der Waals surface area contributed by atoms with Gasteiger partial charge in [0.1, 0.15) is 0 Å². The second-order valence-electron chi connectivity index (χ2n) is 2.80. The number of carbonyl (C=O) groups is 1. The molecule has 0 fully saturated rings. The van der Waals surface area contributed by atoms with E-state index in [1.807, 2.05) is 24.3 Å². The minimum absolute atomic E-state index is 0.0418. The summed E-state index contributed by atoms with van der Waals surface area (Å²) in [7, 11) is 0. The molecular formula is C11H11BrO3. The maximum Gasteiger partial charge on any atom is 0.371 e. The first-order valence-corrected chi connectivity index (χ1v) is 5.26. The first-order valence-electron chi connectivity index (χ1n) is 4.47. The molecule has 0 heterocycles. The van der Waals surface area contributed by atoms with Crippen molar-refractivity contribution in [3.8, 4) is 0 Å². The van der Waals surface area contributed by atoms with Crippen LogP contribution in [0.2, 0.25) is 0 Å². The predicted octanol–water partition coefficient (Wildman–Crippen LogP) is 2.91. The van der Waals surface area contributed by atoms with Crippen LogP contribution in [0.5, 0.6) is 0 Å². The van der Waals surface area contributed by atoms with Crippen LogP contribution in [0.25, 0.3) is 6.08 Å². The first-order chi connectivity index (χ1) is 7.13. The van der Waals surface area contributed by atoms with Gasteiger partial charge in [-0.1, -0.05) is 28.1 Å². The third kappa shape index (κ3) is 3.75. The quantitative estimate of drug-likeness (QED) is 0.676. The first kappa shape index (κ1) is 11.8. The van der Waals surface area contributed by atoms with E-state index in [-0.39, 0.29) is 5.76 Å². The number of carboxylic acids is 1.